The van der Waals surface area contributed by atoms with Crippen molar-refractivity contribution in [2.45, 2.75) is 52.4 Å². The van der Waals surface area contributed by atoms with E-state index in [4.69, 9.17) is 9.47 Å². The maximum atomic E-state index is 5.63. The van der Waals surface area contributed by atoms with Gasteiger partial charge in [-0.2, -0.15) is 0 Å². The highest BCUT2D eigenvalue weighted by Crippen LogP contribution is 2.34. The van der Waals surface area contributed by atoms with Crippen LogP contribution in [0.3, 0.4) is 0 Å². The Morgan fingerprint density at radius 2 is 2.06 bits per heavy atom. The summed E-state index contributed by atoms with van der Waals surface area (Å²) in [5, 5.41) is 0. The molecule has 1 aromatic heterocycles. The second kappa shape index (κ2) is 6.17. The highest BCUT2D eigenvalue weighted by molar-refractivity contribution is 9.10. The summed E-state index contributed by atoms with van der Waals surface area (Å²) in [4.78, 5) is 4.60. The molecule has 0 aromatic carbocycles. The normalized spacial score (nSPS) is 18.4. The van der Waals surface area contributed by atoms with Crippen molar-refractivity contribution in [3.63, 3.8) is 0 Å². The van der Waals surface area contributed by atoms with Crippen molar-refractivity contribution < 1.29 is 9.47 Å². The Morgan fingerprint density at radius 3 is 2.61 bits per heavy atom. The number of imidazole rings is 1. The van der Waals surface area contributed by atoms with Gasteiger partial charge in [-0.1, -0.05) is 20.3 Å². The van der Waals surface area contributed by atoms with Gasteiger partial charge in [-0.05, 0) is 29.3 Å². The fourth-order valence-corrected chi connectivity index (χ4v) is 3.06. The molecule has 0 saturated carbocycles. The Kier molecular flexibility index (Phi) is 4.81. The SMILES string of the molecule is CCCC(C)n1c(CC)nc(Br)c1C1OCCO1. The molecule has 5 heteroatoms. The Hall–Kier alpha value is -0.390. The molecule has 1 fully saturated rings. The summed E-state index contributed by atoms with van der Waals surface area (Å²) in [6.45, 7) is 7.88. The third-order valence-corrected chi connectivity index (χ3v) is 3.87. The Labute approximate surface area is 117 Å². The molecule has 1 aliphatic rings. The van der Waals surface area contributed by atoms with E-state index in [9.17, 15) is 0 Å². The summed E-state index contributed by atoms with van der Waals surface area (Å²) < 4.78 is 14.4. The minimum Gasteiger partial charge on any atom is -0.345 e. The maximum absolute atomic E-state index is 5.63. The number of hydrogen-bond acceptors (Lipinski definition) is 3. The lowest BCUT2D eigenvalue weighted by Crippen LogP contribution is -2.15. The second-order valence-corrected chi connectivity index (χ2v) is 5.39. The van der Waals surface area contributed by atoms with Crippen LogP contribution in [0.2, 0.25) is 0 Å². The van der Waals surface area contributed by atoms with Crippen LogP contribution in [-0.4, -0.2) is 22.8 Å². The van der Waals surface area contributed by atoms with Gasteiger partial charge in [0, 0.05) is 12.5 Å². The zero-order chi connectivity index (χ0) is 13.1. The summed E-state index contributed by atoms with van der Waals surface area (Å²) in [6.07, 6.45) is 2.94. The molecule has 2 heterocycles. The summed E-state index contributed by atoms with van der Waals surface area (Å²) in [7, 11) is 0. The minimum absolute atomic E-state index is 0.272. The van der Waals surface area contributed by atoms with E-state index in [0.29, 0.717) is 19.3 Å². The molecular formula is C13H21BrN2O2. The molecule has 0 radical (unpaired) electrons. The highest BCUT2D eigenvalue weighted by atomic mass is 79.9. The molecule has 102 valence electrons. The molecule has 0 spiro atoms. The smallest absolute Gasteiger partial charge is 0.202 e. The zero-order valence-electron chi connectivity index (χ0n) is 11.3. The molecule has 2 rings (SSSR count). The third kappa shape index (κ3) is 2.63. The van der Waals surface area contributed by atoms with E-state index < -0.39 is 0 Å². The van der Waals surface area contributed by atoms with Crippen LogP contribution in [-0.2, 0) is 15.9 Å². The Morgan fingerprint density at radius 1 is 1.39 bits per heavy atom. The van der Waals surface area contributed by atoms with E-state index in [-0.39, 0.29) is 6.29 Å². The Bertz CT molecular complexity index is 400. The van der Waals surface area contributed by atoms with Crippen LogP contribution in [0.5, 0.6) is 0 Å². The van der Waals surface area contributed by atoms with Crippen LogP contribution < -0.4 is 0 Å². The lowest BCUT2D eigenvalue weighted by atomic mass is 10.2. The largest absolute Gasteiger partial charge is 0.345 e. The maximum Gasteiger partial charge on any atom is 0.202 e. The summed E-state index contributed by atoms with van der Waals surface area (Å²) >= 11 is 3.55. The molecule has 1 aliphatic heterocycles. The van der Waals surface area contributed by atoms with Crippen molar-refractivity contribution in [1.82, 2.24) is 9.55 Å². The average Bonchev–Trinajstić information content (AvgIpc) is 2.95. The Balaban J connectivity index is 2.39. The van der Waals surface area contributed by atoms with E-state index in [2.05, 4.69) is 46.3 Å². The van der Waals surface area contributed by atoms with Crippen LogP contribution in [0.15, 0.2) is 4.60 Å². The lowest BCUT2D eigenvalue weighted by Gasteiger charge is -2.21. The van der Waals surface area contributed by atoms with Gasteiger partial charge in [-0.15, -0.1) is 0 Å². The minimum atomic E-state index is -0.272. The molecule has 1 saturated heterocycles. The van der Waals surface area contributed by atoms with Crippen LogP contribution in [0.25, 0.3) is 0 Å². The summed E-state index contributed by atoms with van der Waals surface area (Å²) in [6, 6.07) is 0.423. The molecule has 1 unspecified atom stereocenters. The monoisotopic (exact) mass is 316 g/mol. The molecule has 18 heavy (non-hydrogen) atoms. The van der Waals surface area contributed by atoms with Crippen molar-refractivity contribution in [2.24, 2.45) is 0 Å². The first-order valence-corrected chi connectivity index (χ1v) is 7.48. The number of nitrogens with zero attached hydrogens (tertiary/aromatic N) is 2. The van der Waals surface area contributed by atoms with Gasteiger partial charge >= 0.3 is 0 Å². The number of aromatic nitrogens is 2. The molecule has 4 nitrogen and oxygen atoms in total. The van der Waals surface area contributed by atoms with Crippen LogP contribution in [0.4, 0.5) is 0 Å². The quantitative estimate of drug-likeness (QED) is 0.832. The van der Waals surface area contributed by atoms with Crippen LogP contribution >= 0.6 is 15.9 Å². The molecule has 0 amide bonds. The number of hydrogen-bond donors (Lipinski definition) is 0. The lowest BCUT2D eigenvalue weighted by molar-refractivity contribution is -0.0511. The number of ether oxygens (including phenoxy) is 2. The molecular weight excluding hydrogens is 296 g/mol. The first-order chi connectivity index (χ1) is 8.69. The second-order valence-electron chi connectivity index (χ2n) is 4.64. The van der Waals surface area contributed by atoms with E-state index >= 15 is 0 Å². The van der Waals surface area contributed by atoms with Crippen molar-refractivity contribution in [1.29, 1.82) is 0 Å². The first kappa shape index (κ1) is 14.0. The van der Waals surface area contributed by atoms with Gasteiger partial charge in [0.25, 0.3) is 0 Å². The number of aryl methyl sites for hydroxylation is 1. The average molecular weight is 317 g/mol. The summed E-state index contributed by atoms with van der Waals surface area (Å²) in [5.41, 5.74) is 1.03. The van der Waals surface area contributed by atoms with Crippen LogP contribution in [0.1, 0.15) is 57.5 Å². The van der Waals surface area contributed by atoms with Gasteiger partial charge < -0.3 is 14.0 Å². The fourth-order valence-electron chi connectivity index (χ4n) is 2.48. The molecule has 0 N–H and O–H groups in total. The van der Waals surface area contributed by atoms with Gasteiger partial charge in [0.2, 0.25) is 6.29 Å². The van der Waals surface area contributed by atoms with Gasteiger partial charge in [0.15, 0.2) is 0 Å². The van der Waals surface area contributed by atoms with E-state index in [0.717, 1.165) is 35.4 Å². The third-order valence-electron chi connectivity index (χ3n) is 3.28. The first-order valence-electron chi connectivity index (χ1n) is 6.68. The highest BCUT2D eigenvalue weighted by Gasteiger charge is 2.29. The van der Waals surface area contributed by atoms with Gasteiger partial charge in [0.05, 0.1) is 13.2 Å². The van der Waals surface area contributed by atoms with Gasteiger partial charge in [-0.3, -0.25) is 0 Å². The zero-order valence-corrected chi connectivity index (χ0v) is 12.9. The summed E-state index contributed by atoms with van der Waals surface area (Å²) in [5.74, 6) is 1.09. The van der Waals surface area contributed by atoms with Crippen molar-refractivity contribution in [3.8, 4) is 0 Å². The van der Waals surface area contributed by atoms with E-state index in [1.165, 1.54) is 0 Å². The van der Waals surface area contributed by atoms with E-state index in [1.54, 1.807) is 0 Å². The molecule has 0 bridgehead atoms. The molecule has 1 aromatic rings. The molecule has 0 aliphatic carbocycles. The van der Waals surface area contributed by atoms with Crippen molar-refractivity contribution in [2.75, 3.05) is 13.2 Å². The predicted octanol–water partition coefficient (Wildman–Crippen LogP) is 3.61. The number of rotatable bonds is 5. The fraction of sp³-hybridized carbons (Fsp3) is 0.769. The predicted molar refractivity (Wildman–Crippen MR) is 73.6 cm³/mol. The van der Waals surface area contributed by atoms with Crippen LogP contribution in [0, 0.1) is 0 Å². The topological polar surface area (TPSA) is 36.3 Å². The standard InChI is InChI=1S/C13H21BrN2O2/c1-4-6-9(3)16-10(5-2)15-12(14)11(16)13-17-7-8-18-13/h9,13H,4-8H2,1-3H3. The van der Waals surface area contributed by atoms with E-state index in [1.807, 2.05) is 0 Å². The van der Waals surface area contributed by atoms with Crippen molar-refractivity contribution >= 4 is 15.9 Å². The van der Waals surface area contributed by atoms with Gasteiger partial charge in [0.1, 0.15) is 16.1 Å². The number of halogens is 1. The molecule has 1 atom stereocenters. The van der Waals surface area contributed by atoms with Crippen molar-refractivity contribution in [3.05, 3.63) is 16.1 Å². The van der Waals surface area contributed by atoms with Gasteiger partial charge in [-0.25, -0.2) is 4.98 Å².